The van der Waals surface area contributed by atoms with E-state index in [9.17, 15) is 9.59 Å². The summed E-state index contributed by atoms with van der Waals surface area (Å²) in [6.45, 7) is 1.83. The Bertz CT molecular complexity index is 386. The molecule has 0 saturated heterocycles. The fourth-order valence-corrected chi connectivity index (χ4v) is 1.28. The molecule has 1 unspecified atom stereocenters. The summed E-state index contributed by atoms with van der Waals surface area (Å²) < 4.78 is 1.65. The number of nitrogens with zero attached hydrogens (tertiary/aromatic N) is 2. The maximum Gasteiger partial charge on any atom is 0.303 e. The van der Waals surface area contributed by atoms with Crippen molar-refractivity contribution in [3.8, 4) is 0 Å². The Kier molecular flexibility index (Phi) is 4.04. The molecule has 0 fully saturated rings. The lowest BCUT2D eigenvalue weighted by molar-refractivity contribution is -0.138. The van der Waals surface area contributed by atoms with Crippen LogP contribution < -0.4 is 5.32 Å². The number of rotatable bonds is 5. The summed E-state index contributed by atoms with van der Waals surface area (Å²) in [6, 6.07) is -0.157. The molecule has 0 bridgehead atoms. The lowest BCUT2D eigenvalue weighted by atomic mass is 10.2. The van der Waals surface area contributed by atoms with Crippen LogP contribution in [0.4, 0.5) is 0 Å². The Labute approximate surface area is 93.3 Å². The maximum absolute atomic E-state index is 11.3. The van der Waals surface area contributed by atoms with Crippen LogP contribution in [0.2, 0.25) is 0 Å². The van der Waals surface area contributed by atoms with Gasteiger partial charge >= 0.3 is 5.97 Å². The van der Waals surface area contributed by atoms with Gasteiger partial charge in [0.15, 0.2) is 0 Å². The number of hydrogen-bond donors (Lipinski definition) is 2. The Morgan fingerprint density at radius 2 is 2.25 bits per heavy atom. The minimum absolute atomic E-state index is 0.0000640. The van der Waals surface area contributed by atoms with E-state index in [1.54, 1.807) is 17.9 Å². The average Bonchev–Trinajstić information content (AvgIpc) is 2.62. The van der Waals surface area contributed by atoms with Gasteiger partial charge in [0.25, 0.3) is 0 Å². The number of carbonyl (C=O) groups excluding carboxylic acids is 1. The fourth-order valence-electron chi connectivity index (χ4n) is 1.28. The second-order valence-electron chi connectivity index (χ2n) is 3.63. The SMILES string of the molecule is CC(NC(=O)CCC(=O)O)c1cnn(C)c1. The Balaban J connectivity index is 2.42. The minimum atomic E-state index is -0.968. The van der Waals surface area contributed by atoms with Gasteiger partial charge in [-0.1, -0.05) is 0 Å². The third-order valence-corrected chi connectivity index (χ3v) is 2.17. The molecule has 1 heterocycles. The van der Waals surface area contributed by atoms with Gasteiger partial charge in [-0.15, -0.1) is 0 Å². The average molecular weight is 225 g/mol. The summed E-state index contributed by atoms with van der Waals surface area (Å²) in [5.41, 5.74) is 0.895. The van der Waals surface area contributed by atoms with Crippen molar-refractivity contribution in [1.82, 2.24) is 15.1 Å². The normalized spacial score (nSPS) is 12.1. The maximum atomic E-state index is 11.3. The predicted octanol–water partition coefficient (Wildman–Crippen LogP) is 0.462. The highest BCUT2D eigenvalue weighted by atomic mass is 16.4. The van der Waals surface area contributed by atoms with Crippen molar-refractivity contribution in [3.63, 3.8) is 0 Å². The number of aliphatic carboxylic acids is 1. The minimum Gasteiger partial charge on any atom is -0.481 e. The van der Waals surface area contributed by atoms with E-state index in [4.69, 9.17) is 5.11 Å². The summed E-state index contributed by atoms with van der Waals surface area (Å²) in [4.78, 5) is 21.6. The van der Waals surface area contributed by atoms with Crippen molar-refractivity contribution in [2.45, 2.75) is 25.8 Å². The van der Waals surface area contributed by atoms with Crippen molar-refractivity contribution in [2.24, 2.45) is 7.05 Å². The van der Waals surface area contributed by atoms with Crippen LogP contribution in [0.15, 0.2) is 12.4 Å². The molecule has 0 saturated carbocycles. The molecule has 1 aromatic heterocycles. The highest BCUT2D eigenvalue weighted by molar-refractivity contribution is 5.80. The molecule has 1 amide bonds. The molecule has 0 spiro atoms. The van der Waals surface area contributed by atoms with Crippen LogP contribution in [-0.4, -0.2) is 26.8 Å². The van der Waals surface area contributed by atoms with Gasteiger partial charge in [-0.2, -0.15) is 5.10 Å². The molecule has 6 heteroatoms. The Hall–Kier alpha value is -1.85. The van der Waals surface area contributed by atoms with Gasteiger partial charge in [-0.25, -0.2) is 0 Å². The molecule has 1 aromatic rings. The first kappa shape index (κ1) is 12.2. The van der Waals surface area contributed by atoms with Gasteiger partial charge in [-0.05, 0) is 6.92 Å². The van der Waals surface area contributed by atoms with E-state index in [-0.39, 0.29) is 24.8 Å². The molecule has 0 aliphatic rings. The van der Waals surface area contributed by atoms with Crippen molar-refractivity contribution >= 4 is 11.9 Å². The summed E-state index contributed by atoms with van der Waals surface area (Å²) in [5, 5.41) is 15.1. The van der Waals surface area contributed by atoms with E-state index in [2.05, 4.69) is 10.4 Å². The molecular weight excluding hydrogens is 210 g/mol. The topological polar surface area (TPSA) is 84.2 Å². The third-order valence-electron chi connectivity index (χ3n) is 2.17. The number of carboxylic acid groups (broad SMARTS) is 1. The van der Waals surface area contributed by atoms with Gasteiger partial charge in [0.2, 0.25) is 5.91 Å². The number of nitrogens with one attached hydrogen (secondary N) is 1. The quantitative estimate of drug-likeness (QED) is 0.762. The zero-order valence-corrected chi connectivity index (χ0v) is 9.30. The second-order valence-corrected chi connectivity index (χ2v) is 3.63. The Morgan fingerprint density at radius 1 is 1.56 bits per heavy atom. The van der Waals surface area contributed by atoms with Crippen LogP contribution in [0.1, 0.15) is 31.4 Å². The smallest absolute Gasteiger partial charge is 0.303 e. The monoisotopic (exact) mass is 225 g/mol. The molecule has 2 N–H and O–H groups in total. The molecule has 16 heavy (non-hydrogen) atoms. The fraction of sp³-hybridized carbons (Fsp3) is 0.500. The summed E-state index contributed by atoms with van der Waals surface area (Å²) in [6.07, 6.45) is 3.33. The van der Waals surface area contributed by atoms with Crippen molar-refractivity contribution < 1.29 is 14.7 Å². The summed E-state index contributed by atoms with van der Waals surface area (Å²) in [7, 11) is 1.79. The van der Waals surface area contributed by atoms with Crippen LogP contribution >= 0.6 is 0 Å². The number of aromatic nitrogens is 2. The lowest BCUT2D eigenvalue weighted by Gasteiger charge is -2.11. The van der Waals surface area contributed by atoms with Crippen LogP contribution in [-0.2, 0) is 16.6 Å². The van der Waals surface area contributed by atoms with Crippen molar-refractivity contribution in [1.29, 1.82) is 0 Å². The molecule has 88 valence electrons. The van der Waals surface area contributed by atoms with E-state index in [0.717, 1.165) is 5.56 Å². The molecule has 1 rings (SSSR count). The largest absolute Gasteiger partial charge is 0.481 e. The van der Waals surface area contributed by atoms with Crippen molar-refractivity contribution in [2.75, 3.05) is 0 Å². The molecule has 0 radical (unpaired) electrons. The molecule has 0 aliphatic heterocycles. The zero-order valence-electron chi connectivity index (χ0n) is 9.30. The van der Waals surface area contributed by atoms with Gasteiger partial charge < -0.3 is 10.4 Å². The van der Waals surface area contributed by atoms with Crippen LogP contribution in [0.25, 0.3) is 0 Å². The first-order valence-corrected chi connectivity index (χ1v) is 4.98. The highest BCUT2D eigenvalue weighted by Gasteiger charge is 2.11. The number of amides is 1. The standard InChI is InChI=1S/C10H15N3O3/c1-7(8-5-11-13(2)6-8)12-9(14)3-4-10(15)16/h5-7H,3-4H2,1-2H3,(H,12,14)(H,15,16). The number of aryl methyl sites for hydroxylation is 1. The molecule has 6 nitrogen and oxygen atoms in total. The van der Waals surface area contributed by atoms with E-state index in [1.807, 2.05) is 13.1 Å². The third kappa shape index (κ3) is 3.72. The van der Waals surface area contributed by atoms with Crippen molar-refractivity contribution in [3.05, 3.63) is 18.0 Å². The van der Waals surface area contributed by atoms with Crippen LogP contribution in [0.3, 0.4) is 0 Å². The summed E-state index contributed by atoms with van der Waals surface area (Å²) >= 11 is 0. The van der Waals surface area contributed by atoms with E-state index in [1.165, 1.54) is 0 Å². The first-order valence-electron chi connectivity index (χ1n) is 4.98. The van der Waals surface area contributed by atoms with Gasteiger partial charge in [0.05, 0.1) is 18.7 Å². The van der Waals surface area contributed by atoms with E-state index in [0.29, 0.717) is 0 Å². The number of carbonyl (C=O) groups is 2. The zero-order chi connectivity index (χ0) is 12.1. The summed E-state index contributed by atoms with van der Waals surface area (Å²) in [5.74, 6) is -1.23. The van der Waals surface area contributed by atoms with Crippen LogP contribution in [0, 0.1) is 0 Å². The highest BCUT2D eigenvalue weighted by Crippen LogP contribution is 2.10. The number of hydrogen-bond acceptors (Lipinski definition) is 3. The molecular formula is C10H15N3O3. The van der Waals surface area contributed by atoms with Gasteiger partial charge in [0, 0.05) is 25.2 Å². The van der Waals surface area contributed by atoms with E-state index < -0.39 is 5.97 Å². The van der Waals surface area contributed by atoms with Crippen LogP contribution in [0.5, 0.6) is 0 Å². The molecule has 0 aliphatic carbocycles. The number of carboxylic acids is 1. The molecule has 0 aromatic carbocycles. The van der Waals surface area contributed by atoms with Gasteiger partial charge in [0.1, 0.15) is 0 Å². The van der Waals surface area contributed by atoms with E-state index >= 15 is 0 Å². The first-order chi connectivity index (χ1) is 7.49. The van der Waals surface area contributed by atoms with Gasteiger partial charge in [-0.3, -0.25) is 14.3 Å². The second kappa shape index (κ2) is 5.29. The Morgan fingerprint density at radius 3 is 2.75 bits per heavy atom. The lowest BCUT2D eigenvalue weighted by Crippen LogP contribution is -2.26. The molecule has 1 atom stereocenters. The predicted molar refractivity (Wildman–Crippen MR) is 56.6 cm³/mol.